The summed E-state index contributed by atoms with van der Waals surface area (Å²) < 4.78 is 0. The van der Waals surface area contributed by atoms with E-state index in [1.54, 1.807) is 12.1 Å². The molecule has 1 aromatic rings. The monoisotopic (exact) mass is 275 g/mol. The molecule has 0 unspecified atom stereocenters. The summed E-state index contributed by atoms with van der Waals surface area (Å²) in [5, 5.41) is 0. The average molecular weight is 275 g/mol. The number of aromatic nitrogens is 1. The van der Waals surface area contributed by atoms with Crippen LogP contribution < -0.4 is 0 Å². The first-order valence-electron chi connectivity index (χ1n) is 6.57. The molecule has 2 heterocycles. The molecule has 1 aliphatic heterocycles. The first-order chi connectivity index (χ1) is 9.56. The van der Waals surface area contributed by atoms with Crippen molar-refractivity contribution >= 4 is 17.7 Å². The summed E-state index contributed by atoms with van der Waals surface area (Å²) in [5.74, 6) is -0.801. The molecule has 1 fully saturated rings. The van der Waals surface area contributed by atoms with Crippen molar-refractivity contribution in [3.05, 3.63) is 30.1 Å². The van der Waals surface area contributed by atoms with Gasteiger partial charge >= 0.3 is 0 Å². The highest BCUT2D eigenvalue weighted by Crippen LogP contribution is 2.19. The maximum absolute atomic E-state index is 12.5. The van der Waals surface area contributed by atoms with Gasteiger partial charge in [-0.25, -0.2) is 0 Å². The third kappa shape index (κ3) is 2.54. The predicted molar refractivity (Wildman–Crippen MR) is 71.7 cm³/mol. The lowest BCUT2D eigenvalue weighted by Crippen LogP contribution is -2.45. The van der Waals surface area contributed by atoms with Gasteiger partial charge in [-0.2, -0.15) is 0 Å². The molecular formula is C14H17N3O3. The van der Waals surface area contributed by atoms with E-state index in [2.05, 4.69) is 4.98 Å². The maximum atomic E-state index is 12.5. The molecule has 3 amide bonds. The number of likely N-dealkylation sites (N-methyl/N-ethyl adjacent to an activating group) is 1. The Morgan fingerprint density at radius 2 is 2.05 bits per heavy atom. The molecule has 0 bridgehead atoms. The van der Waals surface area contributed by atoms with E-state index >= 15 is 0 Å². The Bertz CT molecular complexity index is 530. The van der Waals surface area contributed by atoms with E-state index in [-0.39, 0.29) is 24.1 Å². The fourth-order valence-corrected chi connectivity index (χ4v) is 2.28. The van der Waals surface area contributed by atoms with E-state index in [4.69, 9.17) is 0 Å². The van der Waals surface area contributed by atoms with Gasteiger partial charge in [0.05, 0.1) is 6.42 Å². The Morgan fingerprint density at radius 1 is 1.40 bits per heavy atom. The number of carbonyl (C=O) groups is 3. The number of rotatable bonds is 4. The van der Waals surface area contributed by atoms with Gasteiger partial charge in [0.15, 0.2) is 0 Å². The summed E-state index contributed by atoms with van der Waals surface area (Å²) in [6, 6.07) is 2.53. The van der Waals surface area contributed by atoms with Crippen LogP contribution in [0.25, 0.3) is 0 Å². The van der Waals surface area contributed by atoms with Gasteiger partial charge in [-0.15, -0.1) is 0 Å². The molecule has 20 heavy (non-hydrogen) atoms. The Kier molecular flexibility index (Phi) is 4.12. The fraction of sp³-hybridized carbons (Fsp3) is 0.429. The topological polar surface area (TPSA) is 70.6 Å². The van der Waals surface area contributed by atoms with Crippen LogP contribution in [0.1, 0.15) is 30.1 Å². The van der Waals surface area contributed by atoms with Crippen LogP contribution >= 0.6 is 0 Å². The molecule has 0 radical (unpaired) electrons. The van der Waals surface area contributed by atoms with Crippen molar-refractivity contribution in [1.82, 2.24) is 14.8 Å². The van der Waals surface area contributed by atoms with Crippen molar-refractivity contribution in [2.45, 2.75) is 25.8 Å². The number of carbonyl (C=O) groups excluding carboxylic acids is 3. The number of nitrogens with zero attached hydrogens (tertiary/aromatic N) is 3. The number of likely N-dealkylation sites (tertiary alicyclic amines) is 1. The Balaban J connectivity index is 2.26. The lowest BCUT2D eigenvalue weighted by molar-refractivity contribution is -0.137. The number of hydrogen-bond donors (Lipinski definition) is 0. The standard InChI is InChI=1S/C14H17N3O3/c1-3-8-17(11-9-12(18)16(2)14(11)20)13(19)10-4-6-15-7-5-10/h4-7,11H,3,8-9H2,1-2H3/t11-/m1/s1. The van der Waals surface area contributed by atoms with Crippen LogP contribution in [0.4, 0.5) is 0 Å². The molecule has 0 N–H and O–H groups in total. The van der Waals surface area contributed by atoms with Crippen molar-refractivity contribution in [3.8, 4) is 0 Å². The molecule has 6 heteroatoms. The number of hydrogen-bond acceptors (Lipinski definition) is 4. The van der Waals surface area contributed by atoms with Crippen LogP contribution in [-0.2, 0) is 9.59 Å². The number of imide groups is 1. The summed E-state index contributed by atoms with van der Waals surface area (Å²) in [4.78, 5) is 42.6. The van der Waals surface area contributed by atoms with Gasteiger partial charge in [0.1, 0.15) is 6.04 Å². The van der Waals surface area contributed by atoms with E-state index in [0.29, 0.717) is 12.1 Å². The van der Waals surface area contributed by atoms with E-state index in [0.717, 1.165) is 11.3 Å². The Morgan fingerprint density at radius 3 is 2.55 bits per heavy atom. The van der Waals surface area contributed by atoms with Gasteiger partial charge in [0.2, 0.25) is 5.91 Å². The van der Waals surface area contributed by atoms with E-state index < -0.39 is 6.04 Å². The molecular weight excluding hydrogens is 258 g/mol. The van der Waals surface area contributed by atoms with Gasteiger partial charge in [-0.1, -0.05) is 6.92 Å². The molecule has 1 aliphatic rings. The van der Waals surface area contributed by atoms with Crippen LogP contribution in [0.15, 0.2) is 24.5 Å². The minimum atomic E-state index is -0.687. The van der Waals surface area contributed by atoms with Crippen molar-refractivity contribution in [2.24, 2.45) is 0 Å². The van der Waals surface area contributed by atoms with E-state index in [1.807, 2.05) is 6.92 Å². The van der Waals surface area contributed by atoms with Crippen LogP contribution in [0.5, 0.6) is 0 Å². The zero-order chi connectivity index (χ0) is 14.7. The smallest absolute Gasteiger partial charge is 0.254 e. The number of pyridine rings is 1. The average Bonchev–Trinajstić information content (AvgIpc) is 2.72. The lowest BCUT2D eigenvalue weighted by Gasteiger charge is -2.26. The summed E-state index contributed by atoms with van der Waals surface area (Å²) in [6.45, 7) is 2.37. The maximum Gasteiger partial charge on any atom is 0.254 e. The summed E-state index contributed by atoms with van der Waals surface area (Å²) >= 11 is 0. The third-order valence-electron chi connectivity index (χ3n) is 3.39. The lowest BCUT2D eigenvalue weighted by atomic mass is 10.1. The molecule has 0 aromatic carbocycles. The Labute approximate surface area is 117 Å². The molecule has 106 valence electrons. The highest BCUT2D eigenvalue weighted by molar-refractivity contribution is 6.07. The largest absolute Gasteiger partial charge is 0.326 e. The highest BCUT2D eigenvalue weighted by Gasteiger charge is 2.41. The highest BCUT2D eigenvalue weighted by atomic mass is 16.2. The van der Waals surface area contributed by atoms with Crippen molar-refractivity contribution in [1.29, 1.82) is 0 Å². The molecule has 0 spiro atoms. The quantitative estimate of drug-likeness (QED) is 0.758. The summed E-state index contributed by atoms with van der Waals surface area (Å²) in [6.07, 6.45) is 3.85. The second-order valence-corrected chi connectivity index (χ2v) is 4.75. The predicted octanol–water partition coefficient (Wildman–Crippen LogP) is 0.691. The second-order valence-electron chi connectivity index (χ2n) is 4.75. The third-order valence-corrected chi connectivity index (χ3v) is 3.39. The van der Waals surface area contributed by atoms with Gasteiger partial charge in [-0.05, 0) is 18.6 Å². The number of amides is 3. The molecule has 0 aliphatic carbocycles. The summed E-state index contributed by atoms with van der Waals surface area (Å²) in [5.41, 5.74) is 0.475. The van der Waals surface area contributed by atoms with Gasteiger partial charge in [-0.3, -0.25) is 24.3 Å². The zero-order valence-electron chi connectivity index (χ0n) is 11.6. The van der Waals surface area contributed by atoms with Gasteiger partial charge < -0.3 is 4.90 Å². The summed E-state index contributed by atoms with van der Waals surface area (Å²) in [7, 11) is 1.45. The molecule has 1 aromatic heterocycles. The van der Waals surface area contributed by atoms with E-state index in [1.165, 1.54) is 24.3 Å². The van der Waals surface area contributed by atoms with Crippen LogP contribution in [0, 0.1) is 0 Å². The Hall–Kier alpha value is -2.24. The first kappa shape index (κ1) is 14.2. The van der Waals surface area contributed by atoms with Gasteiger partial charge in [0.25, 0.3) is 11.8 Å². The van der Waals surface area contributed by atoms with Crippen molar-refractivity contribution in [2.75, 3.05) is 13.6 Å². The normalized spacial score (nSPS) is 18.5. The van der Waals surface area contributed by atoms with Crippen LogP contribution in [-0.4, -0.2) is 52.1 Å². The SMILES string of the molecule is CCCN(C(=O)c1ccncc1)[C@@H]1CC(=O)N(C)C1=O. The molecule has 0 saturated carbocycles. The van der Waals surface area contributed by atoms with Crippen LogP contribution in [0.3, 0.4) is 0 Å². The molecule has 1 atom stereocenters. The zero-order valence-corrected chi connectivity index (χ0v) is 11.6. The van der Waals surface area contributed by atoms with Crippen molar-refractivity contribution in [3.63, 3.8) is 0 Å². The van der Waals surface area contributed by atoms with Gasteiger partial charge in [0, 0.05) is 31.5 Å². The minimum absolute atomic E-state index is 0.0617. The van der Waals surface area contributed by atoms with E-state index in [9.17, 15) is 14.4 Å². The van der Waals surface area contributed by atoms with Crippen LogP contribution in [0.2, 0.25) is 0 Å². The van der Waals surface area contributed by atoms with Crippen molar-refractivity contribution < 1.29 is 14.4 Å². The molecule has 6 nitrogen and oxygen atoms in total. The first-order valence-corrected chi connectivity index (χ1v) is 6.57. The minimum Gasteiger partial charge on any atom is -0.326 e. The molecule has 1 saturated heterocycles. The molecule has 2 rings (SSSR count). The fourth-order valence-electron chi connectivity index (χ4n) is 2.28. The second kappa shape index (κ2) is 5.81.